The Morgan fingerprint density at radius 2 is 1.76 bits per heavy atom. The van der Waals surface area contributed by atoms with E-state index in [1.165, 1.54) is 10.5 Å². The first-order valence-electron chi connectivity index (χ1n) is 9.64. The maximum atomic E-state index is 12.7. The van der Waals surface area contributed by atoms with Gasteiger partial charge in [-0.15, -0.1) is 0 Å². The van der Waals surface area contributed by atoms with Crippen molar-refractivity contribution >= 4 is 5.91 Å². The summed E-state index contributed by atoms with van der Waals surface area (Å²) in [5, 5.41) is 3.98. The molecule has 0 saturated heterocycles. The second-order valence-electron chi connectivity index (χ2n) is 8.11. The number of aromatic nitrogens is 2. The molecule has 6 heteroatoms. The lowest BCUT2D eigenvalue weighted by Crippen LogP contribution is -2.37. The van der Waals surface area contributed by atoms with Crippen molar-refractivity contribution in [1.29, 1.82) is 0 Å². The Kier molecular flexibility index (Phi) is 6.01. The molecule has 29 heavy (non-hydrogen) atoms. The minimum Gasteiger partial charge on any atom is -0.481 e. The molecule has 6 nitrogen and oxygen atoms in total. The van der Waals surface area contributed by atoms with E-state index in [1.807, 2.05) is 54.6 Å². The molecule has 2 aromatic carbocycles. The number of carbonyl (C=O) groups excluding carboxylic acids is 1. The summed E-state index contributed by atoms with van der Waals surface area (Å²) in [7, 11) is 1.69. The summed E-state index contributed by atoms with van der Waals surface area (Å²) in [6, 6.07) is 17.4. The van der Waals surface area contributed by atoms with Crippen LogP contribution in [-0.2, 0) is 16.8 Å². The first-order chi connectivity index (χ1) is 13.7. The zero-order chi connectivity index (χ0) is 21.0. The van der Waals surface area contributed by atoms with Gasteiger partial charge in [-0.25, -0.2) is 0 Å². The fraction of sp³-hybridized carbons (Fsp3) is 0.348. The topological polar surface area (TPSA) is 68.5 Å². The highest BCUT2D eigenvalue weighted by Crippen LogP contribution is 2.25. The summed E-state index contributed by atoms with van der Waals surface area (Å²) < 4.78 is 11.1. The van der Waals surface area contributed by atoms with E-state index in [0.29, 0.717) is 17.5 Å². The SMILES string of the molecule is C[C@@H](Oc1ccc(C(C)(C)C)cc1)C(=O)N(C)Cc1nc(-c2ccccc2)no1. The lowest BCUT2D eigenvalue weighted by Gasteiger charge is -2.22. The van der Waals surface area contributed by atoms with Crippen LogP contribution in [0.2, 0.25) is 0 Å². The number of likely N-dealkylation sites (N-methyl/N-ethyl adjacent to an activating group) is 1. The third-order valence-corrected chi connectivity index (χ3v) is 4.63. The number of hydrogen-bond donors (Lipinski definition) is 0. The Bertz CT molecular complexity index is 944. The van der Waals surface area contributed by atoms with E-state index in [0.717, 1.165) is 5.56 Å². The molecular formula is C23H27N3O3. The molecule has 3 rings (SSSR count). The fourth-order valence-electron chi connectivity index (χ4n) is 2.90. The van der Waals surface area contributed by atoms with Gasteiger partial charge in [-0.3, -0.25) is 4.79 Å². The molecule has 152 valence electrons. The molecule has 0 bridgehead atoms. The summed E-state index contributed by atoms with van der Waals surface area (Å²) in [5.74, 6) is 1.38. The number of ether oxygens (including phenoxy) is 1. The zero-order valence-corrected chi connectivity index (χ0v) is 17.5. The van der Waals surface area contributed by atoms with Crippen molar-refractivity contribution in [2.45, 2.75) is 45.8 Å². The minimum atomic E-state index is -0.628. The number of nitrogens with zero attached hydrogens (tertiary/aromatic N) is 3. The van der Waals surface area contributed by atoms with Gasteiger partial charge in [0.15, 0.2) is 6.10 Å². The fourth-order valence-corrected chi connectivity index (χ4v) is 2.90. The van der Waals surface area contributed by atoms with E-state index in [1.54, 1.807) is 14.0 Å². The second kappa shape index (κ2) is 8.47. The average molecular weight is 393 g/mol. The third kappa shape index (κ3) is 5.22. The summed E-state index contributed by atoms with van der Waals surface area (Å²) in [4.78, 5) is 18.6. The van der Waals surface area contributed by atoms with Crippen LogP contribution in [0.5, 0.6) is 5.75 Å². The number of rotatable bonds is 6. The molecule has 1 aromatic heterocycles. The molecule has 0 spiro atoms. The molecule has 0 N–H and O–H groups in total. The Morgan fingerprint density at radius 1 is 1.10 bits per heavy atom. The van der Waals surface area contributed by atoms with Crippen LogP contribution in [0.1, 0.15) is 39.1 Å². The predicted octanol–water partition coefficient (Wildman–Crippen LogP) is 4.46. The normalized spacial score (nSPS) is 12.4. The van der Waals surface area contributed by atoms with Crippen molar-refractivity contribution in [2.75, 3.05) is 7.05 Å². The maximum absolute atomic E-state index is 12.7. The summed E-state index contributed by atoms with van der Waals surface area (Å²) in [5.41, 5.74) is 2.15. The molecule has 0 saturated carbocycles. The zero-order valence-electron chi connectivity index (χ0n) is 17.5. The van der Waals surface area contributed by atoms with E-state index in [4.69, 9.17) is 9.26 Å². The number of carbonyl (C=O) groups is 1. The van der Waals surface area contributed by atoms with Crippen molar-refractivity contribution in [3.63, 3.8) is 0 Å². The lowest BCUT2D eigenvalue weighted by atomic mass is 9.87. The molecule has 1 atom stereocenters. The van der Waals surface area contributed by atoms with E-state index in [9.17, 15) is 4.79 Å². The summed E-state index contributed by atoms with van der Waals surface area (Å²) in [6.45, 7) is 8.43. The van der Waals surface area contributed by atoms with Gasteiger partial charge in [0, 0.05) is 12.6 Å². The molecule has 0 unspecified atom stereocenters. The van der Waals surface area contributed by atoms with Crippen molar-refractivity contribution in [2.24, 2.45) is 0 Å². The van der Waals surface area contributed by atoms with Crippen LogP contribution in [0.3, 0.4) is 0 Å². The van der Waals surface area contributed by atoms with Crippen molar-refractivity contribution in [3.8, 4) is 17.1 Å². The molecule has 1 heterocycles. The van der Waals surface area contributed by atoms with Crippen LogP contribution in [0.15, 0.2) is 59.1 Å². The number of amides is 1. The molecular weight excluding hydrogens is 366 g/mol. The average Bonchev–Trinajstić information content (AvgIpc) is 3.16. The highest BCUT2D eigenvalue weighted by Gasteiger charge is 2.22. The maximum Gasteiger partial charge on any atom is 0.263 e. The standard InChI is InChI=1S/C23H27N3O3/c1-16(28-19-13-11-18(12-14-19)23(2,3)4)22(27)26(5)15-20-24-21(25-29-20)17-9-7-6-8-10-17/h6-14,16H,15H2,1-5H3/t16-/m1/s1. The van der Waals surface area contributed by atoms with Crippen molar-refractivity contribution in [1.82, 2.24) is 15.0 Å². The predicted molar refractivity (Wildman–Crippen MR) is 111 cm³/mol. The van der Waals surface area contributed by atoms with Crippen LogP contribution in [0.4, 0.5) is 0 Å². The van der Waals surface area contributed by atoms with Crippen LogP contribution in [0.25, 0.3) is 11.4 Å². The van der Waals surface area contributed by atoms with Gasteiger partial charge < -0.3 is 14.2 Å². The van der Waals surface area contributed by atoms with Crippen LogP contribution < -0.4 is 4.74 Å². The summed E-state index contributed by atoms with van der Waals surface area (Å²) in [6.07, 6.45) is -0.628. The molecule has 0 aliphatic rings. The van der Waals surface area contributed by atoms with Crippen LogP contribution >= 0.6 is 0 Å². The van der Waals surface area contributed by atoms with Gasteiger partial charge in [0.05, 0.1) is 6.54 Å². The van der Waals surface area contributed by atoms with E-state index in [-0.39, 0.29) is 17.9 Å². The van der Waals surface area contributed by atoms with Gasteiger partial charge in [-0.1, -0.05) is 68.4 Å². The highest BCUT2D eigenvalue weighted by atomic mass is 16.5. The lowest BCUT2D eigenvalue weighted by molar-refractivity contribution is -0.137. The first-order valence-corrected chi connectivity index (χ1v) is 9.64. The molecule has 1 amide bonds. The van der Waals surface area contributed by atoms with Crippen LogP contribution in [-0.4, -0.2) is 34.1 Å². The van der Waals surface area contributed by atoms with E-state index < -0.39 is 6.10 Å². The molecule has 0 radical (unpaired) electrons. The molecule has 0 aliphatic carbocycles. The quantitative estimate of drug-likeness (QED) is 0.618. The Balaban J connectivity index is 1.59. The van der Waals surface area contributed by atoms with Gasteiger partial charge in [0.2, 0.25) is 11.7 Å². The van der Waals surface area contributed by atoms with Crippen LogP contribution in [0, 0.1) is 0 Å². The third-order valence-electron chi connectivity index (χ3n) is 4.63. The Labute approximate surface area is 171 Å². The van der Waals surface area contributed by atoms with Gasteiger partial charge in [-0.2, -0.15) is 4.98 Å². The van der Waals surface area contributed by atoms with Gasteiger partial charge in [0.1, 0.15) is 5.75 Å². The van der Waals surface area contributed by atoms with E-state index in [2.05, 4.69) is 30.9 Å². The number of hydrogen-bond acceptors (Lipinski definition) is 5. The molecule has 3 aromatic rings. The second-order valence-corrected chi connectivity index (χ2v) is 8.11. The Hall–Kier alpha value is -3.15. The smallest absolute Gasteiger partial charge is 0.263 e. The van der Waals surface area contributed by atoms with Gasteiger partial charge in [0.25, 0.3) is 5.91 Å². The summed E-state index contributed by atoms with van der Waals surface area (Å²) >= 11 is 0. The van der Waals surface area contributed by atoms with Gasteiger partial charge >= 0.3 is 0 Å². The monoisotopic (exact) mass is 393 g/mol. The minimum absolute atomic E-state index is 0.0723. The van der Waals surface area contributed by atoms with E-state index >= 15 is 0 Å². The largest absolute Gasteiger partial charge is 0.481 e. The van der Waals surface area contributed by atoms with Crippen molar-refractivity contribution in [3.05, 3.63) is 66.1 Å². The number of benzene rings is 2. The Morgan fingerprint density at radius 3 is 2.38 bits per heavy atom. The highest BCUT2D eigenvalue weighted by molar-refractivity contribution is 5.80. The molecule has 0 fully saturated rings. The first kappa shape index (κ1) is 20.6. The molecule has 0 aliphatic heterocycles. The van der Waals surface area contributed by atoms with Crippen molar-refractivity contribution < 1.29 is 14.1 Å². The van der Waals surface area contributed by atoms with Gasteiger partial charge in [-0.05, 0) is 30.0 Å².